The number of hydrogen-bond acceptors (Lipinski definition) is 3. The van der Waals surface area contributed by atoms with Gasteiger partial charge in [-0.1, -0.05) is 73.2 Å². The highest BCUT2D eigenvalue weighted by molar-refractivity contribution is 9.10. The van der Waals surface area contributed by atoms with Gasteiger partial charge in [0.25, 0.3) is 5.91 Å². The lowest BCUT2D eigenvalue weighted by Crippen LogP contribution is -2.51. The lowest BCUT2D eigenvalue weighted by atomic mass is 10.0. The molecule has 5 nitrogen and oxygen atoms in total. The van der Waals surface area contributed by atoms with Crippen LogP contribution in [0, 0.1) is 6.92 Å². The number of amides is 2. The molecule has 0 radical (unpaired) electrons. The van der Waals surface area contributed by atoms with Crippen LogP contribution >= 0.6 is 15.9 Å². The Hall–Kier alpha value is -3.12. The summed E-state index contributed by atoms with van der Waals surface area (Å²) in [7, 11) is 1.59. The van der Waals surface area contributed by atoms with Gasteiger partial charge in [0.2, 0.25) is 5.91 Å². The summed E-state index contributed by atoms with van der Waals surface area (Å²) in [5, 5.41) is 2.73. The maximum Gasteiger partial charge on any atom is 0.261 e. The highest BCUT2D eigenvalue weighted by Gasteiger charge is 2.30. The second-order valence-corrected chi connectivity index (χ2v) is 9.09. The molecule has 34 heavy (non-hydrogen) atoms. The van der Waals surface area contributed by atoms with E-state index in [0.29, 0.717) is 18.7 Å². The number of benzene rings is 3. The SMILES string of the molecule is CCc1ccc(OCC(=O)N(Cc2ccc(C)cc2)[C@@H](Cc2ccccc2)C(=O)NC)c(Br)c1. The topological polar surface area (TPSA) is 58.6 Å². The van der Waals surface area contributed by atoms with E-state index in [1.54, 1.807) is 11.9 Å². The number of likely N-dealkylation sites (N-methyl/N-ethyl adjacent to an activating group) is 1. The largest absolute Gasteiger partial charge is 0.483 e. The van der Waals surface area contributed by atoms with Crippen LogP contribution in [0.4, 0.5) is 0 Å². The number of carbonyl (C=O) groups is 2. The predicted molar refractivity (Wildman–Crippen MR) is 139 cm³/mol. The van der Waals surface area contributed by atoms with Crippen LogP contribution in [0.25, 0.3) is 0 Å². The fraction of sp³-hybridized carbons (Fsp3) is 0.286. The molecule has 0 aliphatic rings. The molecule has 0 aliphatic carbocycles. The quantitative estimate of drug-likeness (QED) is 0.403. The number of halogens is 1. The van der Waals surface area contributed by atoms with Crippen molar-refractivity contribution in [2.75, 3.05) is 13.7 Å². The van der Waals surface area contributed by atoms with E-state index < -0.39 is 6.04 Å². The number of aryl methyl sites for hydroxylation is 2. The molecule has 1 N–H and O–H groups in total. The molecular formula is C28H31BrN2O3. The summed E-state index contributed by atoms with van der Waals surface area (Å²) in [5.74, 6) is 0.134. The summed E-state index contributed by atoms with van der Waals surface area (Å²) in [6.07, 6.45) is 1.32. The molecule has 6 heteroatoms. The van der Waals surface area contributed by atoms with Crippen LogP contribution in [0.1, 0.15) is 29.2 Å². The third-order valence-corrected chi connectivity index (χ3v) is 6.37. The maximum absolute atomic E-state index is 13.5. The van der Waals surface area contributed by atoms with Gasteiger partial charge in [0.1, 0.15) is 11.8 Å². The Morgan fingerprint density at radius 3 is 2.26 bits per heavy atom. The standard InChI is InChI=1S/C28H31BrN2O3/c1-4-21-14-15-26(24(29)16-21)34-19-27(32)31(18-23-12-10-20(2)11-13-23)25(28(33)30-3)17-22-8-6-5-7-9-22/h5-16,25H,4,17-19H2,1-3H3,(H,30,33)/t25-/m0/s1. The van der Waals surface area contributed by atoms with Crippen LogP contribution in [0.5, 0.6) is 5.75 Å². The van der Waals surface area contributed by atoms with E-state index in [1.165, 1.54) is 5.56 Å². The predicted octanol–water partition coefficient (Wildman–Crippen LogP) is 5.08. The molecule has 0 aromatic heterocycles. The lowest BCUT2D eigenvalue weighted by molar-refractivity contribution is -0.142. The molecule has 0 bridgehead atoms. The van der Waals surface area contributed by atoms with Crippen molar-refractivity contribution in [2.45, 2.75) is 39.3 Å². The molecule has 3 aromatic rings. The zero-order chi connectivity index (χ0) is 24.5. The molecule has 3 rings (SSSR count). The number of carbonyl (C=O) groups excluding carboxylic acids is 2. The van der Waals surface area contributed by atoms with Gasteiger partial charge in [0.05, 0.1) is 4.47 Å². The minimum Gasteiger partial charge on any atom is -0.483 e. The van der Waals surface area contributed by atoms with Crippen molar-refractivity contribution in [3.05, 3.63) is 99.5 Å². The molecule has 0 saturated heterocycles. The van der Waals surface area contributed by atoms with Crippen molar-refractivity contribution in [1.29, 1.82) is 0 Å². The Bertz CT molecular complexity index is 1100. The molecule has 2 amide bonds. The summed E-state index contributed by atoms with van der Waals surface area (Å²) in [4.78, 5) is 28.0. The van der Waals surface area contributed by atoms with Crippen LogP contribution in [0.3, 0.4) is 0 Å². The molecule has 0 fully saturated rings. The minimum atomic E-state index is -0.671. The van der Waals surface area contributed by atoms with Gasteiger partial charge in [-0.15, -0.1) is 0 Å². The smallest absolute Gasteiger partial charge is 0.261 e. The van der Waals surface area contributed by atoms with Crippen LogP contribution in [0.15, 0.2) is 77.3 Å². The summed E-state index contributed by atoms with van der Waals surface area (Å²) >= 11 is 3.53. The Balaban J connectivity index is 1.86. The first-order chi connectivity index (χ1) is 16.4. The van der Waals surface area contributed by atoms with Crippen molar-refractivity contribution in [3.8, 4) is 5.75 Å². The number of nitrogens with one attached hydrogen (secondary N) is 1. The fourth-order valence-electron chi connectivity index (χ4n) is 3.71. The van der Waals surface area contributed by atoms with Gasteiger partial charge in [-0.2, -0.15) is 0 Å². The summed E-state index contributed by atoms with van der Waals surface area (Å²) < 4.78 is 6.68. The third kappa shape index (κ3) is 6.94. The highest BCUT2D eigenvalue weighted by atomic mass is 79.9. The number of ether oxygens (including phenoxy) is 1. The normalized spacial score (nSPS) is 11.5. The second-order valence-electron chi connectivity index (χ2n) is 8.23. The third-order valence-electron chi connectivity index (χ3n) is 5.75. The van der Waals surface area contributed by atoms with Gasteiger partial charge in [-0.3, -0.25) is 9.59 Å². The van der Waals surface area contributed by atoms with Crippen molar-refractivity contribution in [3.63, 3.8) is 0 Å². The summed E-state index contributed by atoms with van der Waals surface area (Å²) in [6.45, 7) is 4.24. The van der Waals surface area contributed by atoms with E-state index in [0.717, 1.165) is 27.6 Å². The first-order valence-corrected chi connectivity index (χ1v) is 12.2. The maximum atomic E-state index is 13.5. The minimum absolute atomic E-state index is 0.168. The fourth-order valence-corrected chi connectivity index (χ4v) is 4.26. The number of rotatable bonds is 10. The summed E-state index contributed by atoms with van der Waals surface area (Å²) in [5.41, 5.74) is 4.25. The van der Waals surface area contributed by atoms with Crippen LogP contribution in [-0.2, 0) is 29.0 Å². The van der Waals surface area contributed by atoms with Gasteiger partial charge in [-0.25, -0.2) is 0 Å². The molecule has 3 aromatic carbocycles. The van der Waals surface area contributed by atoms with Crippen molar-refractivity contribution in [2.24, 2.45) is 0 Å². The van der Waals surface area contributed by atoms with Crippen LogP contribution in [-0.4, -0.2) is 36.4 Å². The van der Waals surface area contributed by atoms with Gasteiger partial charge in [-0.05, 0) is 58.1 Å². The zero-order valence-electron chi connectivity index (χ0n) is 19.9. The molecule has 0 heterocycles. The molecule has 178 valence electrons. The molecule has 1 atom stereocenters. The lowest BCUT2D eigenvalue weighted by Gasteiger charge is -2.31. The molecule has 0 spiro atoms. The first kappa shape index (κ1) is 25.5. The van der Waals surface area contributed by atoms with Gasteiger partial charge in [0.15, 0.2) is 6.61 Å². The van der Waals surface area contributed by atoms with E-state index in [4.69, 9.17) is 4.74 Å². The molecule has 0 unspecified atom stereocenters. The van der Waals surface area contributed by atoms with Crippen LogP contribution in [0.2, 0.25) is 0 Å². The van der Waals surface area contributed by atoms with E-state index in [-0.39, 0.29) is 18.4 Å². The molecular weight excluding hydrogens is 492 g/mol. The Morgan fingerprint density at radius 1 is 0.971 bits per heavy atom. The summed E-state index contributed by atoms with van der Waals surface area (Å²) in [6, 6.07) is 22.9. The van der Waals surface area contributed by atoms with Gasteiger partial charge >= 0.3 is 0 Å². The first-order valence-electron chi connectivity index (χ1n) is 11.4. The van der Waals surface area contributed by atoms with E-state index >= 15 is 0 Å². The average molecular weight is 523 g/mol. The van der Waals surface area contributed by atoms with Crippen molar-refractivity contribution < 1.29 is 14.3 Å². The highest BCUT2D eigenvalue weighted by Crippen LogP contribution is 2.26. The Labute approximate surface area is 210 Å². The van der Waals surface area contributed by atoms with Gasteiger partial charge in [0, 0.05) is 20.0 Å². The van der Waals surface area contributed by atoms with E-state index in [1.807, 2.05) is 79.7 Å². The van der Waals surface area contributed by atoms with Gasteiger partial charge < -0.3 is 15.0 Å². The van der Waals surface area contributed by atoms with Crippen molar-refractivity contribution in [1.82, 2.24) is 10.2 Å². The van der Waals surface area contributed by atoms with E-state index in [2.05, 4.69) is 28.2 Å². The average Bonchev–Trinajstić information content (AvgIpc) is 2.86. The number of nitrogens with zero attached hydrogens (tertiary/aromatic N) is 1. The Kier molecular flexibility index (Phi) is 9.28. The van der Waals surface area contributed by atoms with E-state index in [9.17, 15) is 9.59 Å². The second kappa shape index (κ2) is 12.4. The van der Waals surface area contributed by atoms with Crippen LogP contribution < -0.4 is 10.1 Å². The van der Waals surface area contributed by atoms with Crippen molar-refractivity contribution >= 4 is 27.7 Å². The zero-order valence-corrected chi connectivity index (χ0v) is 21.5. The molecule has 0 saturated carbocycles. The number of hydrogen-bond donors (Lipinski definition) is 1. The monoisotopic (exact) mass is 522 g/mol. The Morgan fingerprint density at radius 2 is 1.65 bits per heavy atom. The molecule has 0 aliphatic heterocycles.